The Hall–Kier alpha value is -1.18. The SMILES string of the molecule is CC1CC(=O)CC(c2ccncc2)C1. The predicted molar refractivity (Wildman–Crippen MR) is 55.0 cm³/mol. The van der Waals surface area contributed by atoms with Gasteiger partial charge in [-0.15, -0.1) is 0 Å². The van der Waals surface area contributed by atoms with Crippen molar-refractivity contribution in [1.29, 1.82) is 0 Å². The highest BCUT2D eigenvalue weighted by molar-refractivity contribution is 5.80. The summed E-state index contributed by atoms with van der Waals surface area (Å²) in [5.74, 6) is 1.37. The smallest absolute Gasteiger partial charge is 0.133 e. The van der Waals surface area contributed by atoms with Crippen LogP contribution in [0, 0.1) is 5.92 Å². The minimum atomic E-state index is 0.408. The van der Waals surface area contributed by atoms with E-state index in [4.69, 9.17) is 0 Å². The minimum Gasteiger partial charge on any atom is -0.300 e. The predicted octanol–water partition coefficient (Wildman–Crippen LogP) is 2.55. The first-order valence-electron chi connectivity index (χ1n) is 5.17. The molecule has 2 nitrogen and oxygen atoms in total. The van der Waals surface area contributed by atoms with Crippen molar-refractivity contribution in [3.63, 3.8) is 0 Å². The third-order valence-electron chi connectivity index (χ3n) is 2.91. The van der Waals surface area contributed by atoms with E-state index in [-0.39, 0.29) is 0 Å². The molecule has 1 aromatic rings. The number of nitrogens with zero attached hydrogens (tertiary/aromatic N) is 1. The van der Waals surface area contributed by atoms with Gasteiger partial charge in [0.2, 0.25) is 0 Å². The number of carbonyl (C=O) groups excluding carboxylic acids is 1. The average molecular weight is 189 g/mol. The summed E-state index contributed by atoms with van der Waals surface area (Å²) in [5, 5.41) is 0. The molecule has 0 saturated heterocycles. The first-order valence-corrected chi connectivity index (χ1v) is 5.17. The lowest BCUT2D eigenvalue weighted by Crippen LogP contribution is -2.19. The van der Waals surface area contributed by atoms with Gasteiger partial charge in [-0.1, -0.05) is 6.92 Å². The van der Waals surface area contributed by atoms with Crippen molar-refractivity contribution in [3.8, 4) is 0 Å². The van der Waals surface area contributed by atoms with Crippen LogP contribution in [-0.4, -0.2) is 10.8 Å². The summed E-state index contributed by atoms with van der Waals surface area (Å²) >= 11 is 0. The first kappa shape index (κ1) is 9.38. The summed E-state index contributed by atoms with van der Waals surface area (Å²) in [6.45, 7) is 2.16. The van der Waals surface area contributed by atoms with Gasteiger partial charge in [-0.05, 0) is 36.0 Å². The highest BCUT2D eigenvalue weighted by Crippen LogP contribution is 2.33. The molecule has 1 saturated carbocycles. The topological polar surface area (TPSA) is 30.0 Å². The van der Waals surface area contributed by atoms with Crippen LogP contribution in [0.15, 0.2) is 24.5 Å². The van der Waals surface area contributed by atoms with Crippen LogP contribution >= 0.6 is 0 Å². The van der Waals surface area contributed by atoms with Crippen LogP contribution in [0.3, 0.4) is 0 Å². The van der Waals surface area contributed by atoms with Crippen molar-refractivity contribution in [2.45, 2.75) is 32.1 Å². The molecule has 2 unspecified atom stereocenters. The summed E-state index contributed by atoms with van der Waals surface area (Å²) in [5.41, 5.74) is 1.26. The zero-order chi connectivity index (χ0) is 9.97. The minimum absolute atomic E-state index is 0.408. The molecule has 74 valence electrons. The number of ketones is 1. The summed E-state index contributed by atoms with van der Waals surface area (Å²) in [6.07, 6.45) is 6.23. The van der Waals surface area contributed by atoms with E-state index in [2.05, 4.69) is 11.9 Å². The third-order valence-corrected chi connectivity index (χ3v) is 2.91. The summed E-state index contributed by atoms with van der Waals surface area (Å²) < 4.78 is 0. The Kier molecular flexibility index (Phi) is 2.62. The molecule has 0 bridgehead atoms. The molecule has 2 rings (SSSR count). The zero-order valence-corrected chi connectivity index (χ0v) is 8.44. The van der Waals surface area contributed by atoms with E-state index >= 15 is 0 Å². The molecule has 1 fully saturated rings. The molecule has 0 amide bonds. The molecule has 0 spiro atoms. The Labute approximate surface area is 84.4 Å². The van der Waals surface area contributed by atoms with E-state index in [0.717, 1.165) is 12.8 Å². The second-order valence-corrected chi connectivity index (χ2v) is 4.27. The van der Waals surface area contributed by atoms with Crippen LogP contribution < -0.4 is 0 Å². The third kappa shape index (κ3) is 2.00. The van der Waals surface area contributed by atoms with E-state index in [1.165, 1.54) is 5.56 Å². The van der Waals surface area contributed by atoms with Gasteiger partial charge < -0.3 is 0 Å². The molecular weight excluding hydrogens is 174 g/mol. The van der Waals surface area contributed by atoms with Gasteiger partial charge in [0.15, 0.2) is 0 Å². The van der Waals surface area contributed by atoms with Crippen molar-refractivity contribution in [1.82, 2.24) is 4.98 Å². The fourth-order valence-electron chi connectivity index (χ4n) is 2.29. The number of aromatic nitrogens is 1. The van der Waals surface area contributed by atoms with Gasteiger partial charge in [-0.3, -0.25) is 9.78 Å². The van der Waals surface area contributed by atoms with Crippen LogP contribution in [-0.2, 0) is 4.79 Å². The largest absolute Gasteiger partial charge is 0.300 e. The fourth-order valence-corrected chi connectivity index (χ4v) is 2.29. The summed E-state index contributed by atoms with van der Waals surface area (Å²) in [7, 11) is 0. The van der Waals surface area contributed by atoms with Gasteiger partial charge in [0.1, 0.15) is 5.78 Å². The highest BCUT2D eigenvalue weighted by Gasteiger charge is 2.25. The highest BCUT2D eigenvalue weighted by atomic mass is 16.1. The standard InChI is InChI=1S/C12H15NO/c1-9-6-11(8-12(14)7-9)10-2-4-13-5-3-10/h2-5,9,11H,6-8H2,1H3. The van der Waals surface area contributed by atoms with Crippen LogP contribution in [0.2, 0.25) is 0 Å². The van der Waals surface area contributed by atoms with E-state index < -0.39 is 0 Å². The van der Waals surface area contributed by atoms with Gasteiger partial charge >= 0.3 is 0 Å². The number of hydrogen-bond donors (Lipinski definition) is 0. The van der Waals surface area contributed by atoms with Gasteiger partial charge in [0, 0.05) is 25.2 Å². The molecule has 0 radical (unpaired) electrons. The number of rotatable bonds is 1. The Bertz CT molecular complexity index is 320. The Balaban J connectivity index is 2.15. The molecule has 0 aromatic carbocycles. The second kappa shape index (κ2) is 3.91. The van der Waals surface area contributed by atoms with E-state index in [1.807, 2.05) is 12.1 Å². The van der Waals surface area contributed by atoms with Gasteiger partial charge in [-0.2, -0.15) is 0 Å². The zero-order valence-electron chi connectivity index (χ0n) is 8.44. The summed E-state index contributed by atoms with van der Waals surface area (Å²) in [6, 6.07) is 4.05. The van der Waals surface area contributed by atoms with E-state index in [9.17, 15) is 4.79 Å². The first-order chi connectivity index (χ1) is 6.75. The van der Waals surface area contributed by atoms with Crippen LogP contribution in [0.4, 0.5) is 0 Å². The molecule has 0 N–H and O–H groups in total. The van der Waals surface area contributed by atoms with Crippen LogP contribution in [0.5, 0.6) is 0 Å². The summed E-state index contributed by atoms with van der Waals surface area (Å²) in [4.78, 5) is 15.4. The lowest BCUT2D eigenvalue weighted by atomic mass is 9.78. The molecule has 1 aliphatic rings. The maximum Gasteiger partial charge on any atom is 0.133 e. The molecule has 1 heterocycles. The maximum atomic E-state index is 11.4. The number of hydrogen-bond acceptors (Lipinski definition) is 2. The second-order valence-electron chi connectivity index (χ2n) is 4.27. The van der Waals surface area contributed by atoms with Gasteiger partial charge in [0.25, 0.3) is 0 Å². The van der Waals surface area contributed by atoms with Crippen molar-refractivity contribution in [2.24, 2.45) is 5.92 Å². The van der Waals surface area contributed by atoms with Crippen molar-refractivity contribution >= 4 is 5.78 Å². The lowest BCUT2D eigenvalue weighted by molar-refractivity contribution is -0.121. The Morgan fingerprint density at radius 1 is 1.29 bits per heavy atom. The maximum absolute atomic E-state index is 11.4. The molecular formula is C12H15NO. The molecule has 0 aliphatic heterocycles. The van der Waals surface area contributed by atoms with Crippen molar-refractivity contribution < 1.29 is 4.79 Å². The van der Waals surface area contributed by atoms with E-state index in [1.54, 1.807) is 12.4 Å². The normalized spacial score (nSPS) is 27.6. The molecule has 14 heavy (non-hydrogen) atoms. The number of carbonyl (C=O) groups is 1. The molecule has 2 heteroatoms. The van der Waals surface area contributed by atoms with Crippen molar-refractivity contribution in [2.75, 3.05) is 0 Å². The Morgan fingerprint density at radius 2 is 2.00 bits per heavy atom. The quantitative estimate of drug-likeness (QED) is 0.679. The Morgan fingerprint density at radius 3 is 2.64 bits per heavy atom. The molecule has 1 aliphatic carbocycles. The van der Waals surface area contributed by atoms with Crippen LogP contribution in [0.25, 0.3) is 0 Å². The lowest BCUT2D eigenvalue weighted by Gasteiger charge is -2.25. The van der Waals surface area contributed by atoms with Gasteiger partial charge in [0.05, 0.1) is 0 Å². The number of Topliss-reactive ketones (excluding diaryl/α,β-unsaturated/α-hetero) is 1. The van der Waals surface area contributed by atoms with E-state index in [0.29, 0.717) is 24.0 Å². The number of pyridine rings is 1. The van der Waals surface area contributed by atoms with Crippen molar-refractivity contribution in [3.05, 3.63) is 30.1 Å². The fraction of sp³-hybridized carbons (Fsp3) is 0.500. The molecule has 2 atom stereocenters. The average Bonchev–Trinajstić information content (AvgIpc) is 2.18. The van der Waals surface area contributed by atoms with Gasteiger partial charge in [-0.25, -0.2) is 0 Å². The molecule has 1 aromatic heterocycles. The monoisotopic (exact) mass is 189 g/mol. The van der Waals surface area contributed by atoms with Crippen LogP contribution in [0.1, 0.15) is 37.7 Å².